The molecule has 5 nitrogen and oxygen atoms in total. The summed E-state index contributed by atoms with van der Waals surface area (Å²) in [4.78, 5) is 10.3. The molecule has 1 aromatic carbocycles. The van der Waals surface area contributed by atoms with Crippen LogP contribution < -0.4 is 5.32 Å². The SMILES string of the molecule is Cc1cnc(NCCCSc2ccccc2)nc1-c1cnn(C)c1. The molecule has 0 saturated heterocycles. The van der Waals surface area contributed by atoms with E-state index in [0.29, 0.717) is 5.95 Å². The van der Waals surface area contributed by atoms with Gasteiger partial charge in [0.25, 0.3) is 0 Å². The fourth-order valence-electron chi connectivity index (χ4n) is 2.34. The Morgan fingerprint density at radius 1 is 1.17 bits per heavy atom. The van der Waals surface area contributed by atoms with Gasteiger partial charge in [-0.15, -0.1) is 11.8 Å². The van der Waals surface area contributed by atoms with Crippen LogP contribution in [0.5, 0.6) is 0 Å². The lowest BCUT2D eigenvalue weighted by Crippen LogP contribution is -2.07. The molecule has 3 rings (SSSR count). The van der Waals surface area contributed by atoms with Gasteiger partial charge in [0.1, 0.15) is 0 Å². The summed E-state index contributed by atoms with van der Waals surface area (Å²) in [6, 6.07) is 10.5. The van der Waals surface area contributed by atoms with Gasteiger partial charge in [0, 0.05) is 36.4 Å². The van der Waals surface area contributed by atoms with E-state index in [0.717, 1.165) is 35.5 Å². The van der Waals surface area contributed by atoms with Crippen molar-refractivity contribution >= 4 is 17.7 Å². The van der Waals surface area contributed by atoms with Crippen LogP contribution >= 0.6 is 11.8 Å². The molecule has 0 aliphatic heterocycles. The molecule has 2 aromatic heterocycles. The molecule has 0 spiro atoms. The highest BCUT2D eigenvalue weighted by molar-refractivity contribution is 7.99. The second kappa shape index (κ2) is 7.97. The summed E-state index contributed by atoms with van der Waals surface area (Å²) >= 11 is 1.87. The molecule has 0 fully saturated rings. The predicted molar refractivity (Wildman–Crippen MR) is 99.2 cm³/mol. The fourth-order valence-corrected chi connectivity index (χ4v) is 3.22. The van der Waals surface area contributed by atoms with Gasteiger partial charge in [-0.05, 0) is 36.8 Å². The van der Waals surface area contributed by atoms with Gasteiger partial charge in [0.2, 0.25) is 5.95 Å². The lowest BCUT2D eigenvalue weighted by molar-refractivity contribution is 0.768. The molecule has 0 bridgehead atoms. The summed E-state index contributed by atoms with van der Waals surface area (Å²) in [5.74, 6) is 1.74. The summed E-state index contributed by atoms with van der Waals surface area (Å²) in [5, 5.41) is 7.52. The minimum absolute atomic E-state index is 0.671. The van der Waals surface area contributed by atoms with E-state index in [9.17, 15) is 0 Å². The topological polar surface area (TPSA) is 55.6 Å². The predicted octanol–water partition coefficient (Wildman–Crippen LogP) is 3.78. The molecule has 0 atom stereocenters. The Bertz CT molecular complexity index is 785. The van der Waals surface area contributed by atoms with Gasteiger partial charge in [0.15, 0.2) is 0 Å². The quantitative estimate of drug-likeness (QED) is 0.524. The van der Waals surface area contributed by atoms with Gasteiger partial charge in [0.05, 0.1) is 11.9 Å². The number of hydrogen-bond acceptors (Lipinski definition) is 5. The monoisotopic (exact) mass is 339 g/mol. The van der Waals surface area contributed by atoms with E-state index in [1.54, 1.807) is 4.68 Å². The second-order valence-corrected chi connectivity index (χ2v) is 6.74. The molecule has 6 heteroatoms. The van der Waals surface area contributed by atoms with Crippen molar-refractivity contribution < 1.29 is 0 Å². The van der Waals surface area contributed by atoms with Gasteiger partial charge in [-0.2, -0.15) is 5.10 Å². The zero-order valence-electron chi connectivity index (χ0n) is 13.9. The van der Waals surface area contributed by atoms with Gasteiger partial charge >= 0.3 is 0 Å². The highest BCUT2D eigenvalue weighted by Crippen LogP contribution is 2.21. The Morgan fingerprint density at radius 2 is 2.00 bits per heavy atom. The van der Waals surface area contributed by atoms with E-state index in [1.165, 1.54) is 4.90 Å². The van der Waals surface area contributed by atoms with Crippen molar-refractivity contribution in [2.45, 2.75) is 18.2 Å². The zero-order chi connectivity index (χ0) is 16.8. The van der Waals surface area contributed by atoms with E-state index in [2.05, 4.69) is 44.6 Å². The Morgan fingerprint density at radius 3 is 2.75 bits per heavy atom. The molecule has 0 radical (unpaired) electrons. The fraction of sp³-hybridized carbons (Fsp3) is 0.278. The van der Waals surface area contributed by atoms with Crippen LogP contribution in [0.15, 0.2) is 53.8 Å². The van der Waals surface area contributed by atoms with Crippen molar-refractivity contribution in [3.63, 3.8) is 0 Å². The number of aromatic nitrogens is 4. The lowest BCUT2D eigenvalue weighted by atomic mass is 10.1. The van der Waals surface area contributed by atoms with Crippen LogP contribution in [-0.4, -0.2) is 32.0 Å². The molecule has 24 heavy (non-hydrogen) atoms. The molecule has 0 saturated carbocycles. The van der Waals surface area contributed by atoms with Crippen molar-refractivity contribution in [3.8, 4) is 11.3 Å². The Kier molecular flexibility index (Phi) is 5.48. The van der Waals surface area contributed by atoms with E-state index in [1.807, 2.05) is 50.4 Å². The van der Waals surface area contributed by atoms with Crippen LogP contribution in [0.3, 0.4) is 0 Å². The van der Waals surface area contributed by atoms with Crippen LogP contribution in [-0.2, 0) is 7.05 Å². The first-order valence-electron chi connectivity index (χ1n) is 7.97. The Labute approximate surface area is 146 Å². The zero-order valence-corrected chi connectivity index (χ0v) is 14.8. The van der Waals surface area contributed by atoms with Crippen LogP contribution in [0.2, 0.25) is 0 Å². The van der Waals surface area contributed by atoms with Crippen LogP contribution in [0, 0.1) is 6.92 Å². The smallest absolute Gasteiger partial charge is 0.223 e. The Balaban J connectivity index is 1.52. The molecule has 2 heterocycles. The molecule has 124 valence electrons. The maximum Gasteiger partial charge on any atom is 0.223 e. The number of nitrogens with one attached hydrogen (secondary N) is 1. The van der Waals surface area contributed by atoms with Crippen LogP contribution in [0.1, 0.15) is 12.0 Å². The van der Waals surface area contributed by atoms with E-state index in [-0.39, 0.29) is 0 Å². The van der Waals surface area contributed by atoms with Crippen LogP contribution in [0.4, 0.5) is 5.95 Å². The van der Waals surface area contributed by atoms with Crippen LogP contribution in [0.25, 0.3) is 11.3 Å². The number of benzene rings is 1. The summed E-state index contributed by atoms with van der Waals surface area (Å²) in [7, 11) is 1.91. The standard InChI is InChI=1S/C18H21N5S/c1-14-11-20-18(22-17(14)15-12-21-23(2)13-15)19-9-6-10-24-16-7-4-3-5-8-16/h3-5,7-8,11-13H,6,9-10H2,1-2H3,(H,19,20,22). The summed E-state index contributed by atoms with van der Waals surface area (Å²) < 4.78 is 1.78. The molecule has 0 aliphatic carbocycles. The number of rotatable bonds is 7. The van der Waals surface area contributed by atoms with Gasteiger partial charge in [-0.3, -0.25) is 4.68 Å². The first-order chi connectivity index (χ1) is 11.7. The third-order valence-corrected chi connectivity index (χ3v) is 4.66. The van der Waals surface area contributed by atoms with Crippen molar-refractivity contribution in [1.82, 2.24) is 19.7 Å². The third-order valence-electron chi connectivity index (χ3n) is 3.57. The highest BCUT2D eigenvalue weighted by Gasteiger charge is 2.08. The number of nitrogens with zero attached hydrogens (tertiary/aromatic N) is 4. The van der Waals surface area contributed by atoms with E-state index in [4.69, 9.17) is 0 Å². The highest BCUT2D eigenvalue weighted by atomic mass is 32.2. The van der Waals surface area contributed by atoms with E-state index < -0.39 is 0 Å². The molecule has 3 aromatic rings. The minimum Gasteiger partial charge on any atom is -0.354 e. The molecular weight excluding hydrogens is 318 g/mol. The lowest BCUT2D eigenvalue weighted by Gasteiger charge is -2.08. The summed E-state index contributed by atoms with van der Waals surface area (Å²) in [6.07, 6.45) is 6.71. The van der Waals surface area contributed by atoms with Gasteiger partial charge in [-0.25, -0.2) is 9.97 Å². The average molecular weight is 339 g/mol. The second-order valence-electron chi connectivity index (χ2n) is 5.57. The summed E-state index contributed by atoms with van der Waals surface area (Å²) in [6.45, 7) is 2.87. The normalized spacial score (nSPS) is 10.8. The molecule has 0 aliphatic rings. The molecule has 0 unspecified atom stereocenters. The van der Waals surface area contributed by atoms with E-state index >= 15 is 0 Å². The van der Waals surface area contributed by atoms with Crippen molar-refractivity contribution in [2.24, 2.45) is 7.05 Å². The maximum atomic E-state index is 4.63. The van der Waals surface area contributed by atoms with Gasteiger partial charge < -0.3 is 5.32 Å². The third kappa shape index (κ3) is 4.35. The first-order valence-corrected chi connectivity index (χ1v) is 8.95. The number of aryl methyl sites for hydroxylation is 2. The van der Waals surface area contributed by atoms with Crippen molar-refractivity contribution in [3.05, 3.63) is 54.5 Å². The minimum atomic E-state index is 0.671. The van der Waals surface area contributed by atoms with Crippen molar-refractivity contribution in [1.29, 1.82) is 0 Å². The molecular formula is C18H21N5S. The molecule has 1 N–H and O–H groups in total. The average Bonchev–Trinajstić information content (AvgIpc) is 3.03. The summed E-state index contributed by atoms with van der Waals surface area (Å²) in [5.41, 5.74) is 2.99. The first kappa shape index (κ1) is 16.5. The Hall–Kier alpha value is -2.34. The molecule has 0 amide bonds. The number of anilines is 1. The number of hydrogen-bond donors (Lipinski definition) is 1. The maximum absolute atomic E-state index is 4.63. The number of thioether (sulfide) groups is 1. The van der Waals surface area contributed by atoms with Gasteiger partial charge in [-0.1, -0.05) is 18.2 Å². The largest absolute Gasteiger partial charge is 0.354 e. The van der Waals surface area contributed by atoms with Crippen molar-refractivity contribution in [2.75, 3.05) is 17.6 Å².